The van der Waals surface area contributed by atoms with E-state index in [0.717, 1.165) is 25.4 Å². The third-order valence-corrected chi connectivity index (χ3v) is 3.07. The van der Waals surface area contributed by atoms with E-state index in [9.17, 15) is 4.79 Å². The molecule has 0 radical (unpaired) electrons. The second-order valence-electron chi connectivity index (χ2n) is 4.37. The number of rotatable bonds is 2. The molecule has 0 bridgehead atoms. The standard InChI is InChI=1S/C10H18N2O2/c13-10(14)12-5-1-4-11(6-7-12)8-9-2-3-9/h9H,1-8H2,(H,13,14). The van der Waals surface area contributed by atoms with Gasteiger partial charge in [-0.25, -0.2) is 4.79 Å². The molecule has 80 valence electrons. The highest BCUT2D eigenvalue weighted by Gasteiger charge is 2.26. The average molecular weight is 198 g/mol. The molecule has 1 saturated carbocycles. The second-order valence-corrected chi connectivity index (χ2v) is 4.37. The summed E-state index contributed by atoms with van der Waals surface area (Å²) in [6.07, 6.45) is 2.97. The van der Waals surface area contributed by atoms with Crippen LogP contribution in [0.5, 0.6) is 0 Å². The molecule has 2 fully saturated rings. The van der Waals surface area contributed by atoms with Crippen molar-refractivity contribution < 1.29 is 9.90 Å². The molecule has 1 saturated heterocycles. The van der Waals surface area contributed by atoms with Crippen LogP contribution in [-0.2, 0) is 0 Å². The first-order valence-corrected chi connectivity index (χ1v) is 5.46. The quantitative estimate of drug-likeness (QED) is 0.722. The van der Waals surface area contributed by atoms with Crippen LogP contribution in [0, 0.1) is 5.92 Å². The predicted molar refractivity (Wildman–Crippen MR) is 53.4 cm³/mol. The van der Waals surface area contributed by atoms with Gasteiger partial charge in [0.15, 0.2) is 0 Å². The summed E-state index contributed by atoms with van der Waals surface area (Å²) in [5.41, 5.74) is 0. The first-order valence-electron chi connectivity index (χ1n) is 5.46. The lowest BCUT2D eigenvalue weighted by Gasteiger charge is -2.19. The summed E-state index contributed by atoms with van der Waals surface area (Å²) >= 11 is 0. The molecule has 0 atom stereocenters. The van der Waals surface area contributed by atoms with Crippen LogP contribution >= 0.6 is 0 Å². The van der Waals surface area contributed by atoms with Crippen molar-refractivity contribution >= 4 is 6.09 Å². The lowest BCUT2D eigenvalue weighted by molar-refractivity contribution is 0.146. The number of hydrogen-bond acceptors (Lipinski definition) is 2. The maximum absolute atomic E-state index is 10.8. The van der Waals surface area contributed by atoms with Crippen LogP contribution in [0.15, 0.2) is 0 Å². The number of hydrogen-bond donors (Lipinski definition) is 1. The van der Waals surface area contributed by atoms with Crippen molar-refractivity contribution in [1.82, 2.24) is 9.80 Å². The van der Waals surface area contributed by atoms with E-state index in [1.54, 1.807) is 0 Å². The number of nitrogens with zero attached hydrogens (tertiary/aromatic N) is 2. The van der Waals surface area contributed by atoms with Gasteiger partial charge in [-0.15, -0.1) is 0 Å². The molecule has 0 aromatic carbocycles. The Morgan fingerprint density at radius 3 is 2.64 bits per heavy atom. The Morgan fingerprint density at radius 2 is 2.00 bits per heavy atom. The topological polar surface area (TPSA) is 43.8 Å². The smallest absolute Gasteiger partial charge is 0.407 e. The van der Waals surface area contributed by atoms with E-state index >= 15 is 0 Å². The van der Waals surface area contributed by atoms with Crippen LogP contribution in [0.4, 0.5) is 4.79 Å². The molecule has 4 heteroatoms. The zero-order valence-corrected chi connectivity index (χ0v) is 8.48. The Bertz CT molecular complexity index is 216. The first kappa shape index (κ1) is 9.77. The second kappa shape index (κ2) is 4.17. The van der Waals surface area contributed by atoms with E-state index in [1.165, 1.54) is 24.3 Å². The molecule has 1 aliphatic heterocycles. The lowest BCUT2D eigenvalue weighted by atomic mass is 10.3. The van der Waals surface area contributed by atoms with Gasteiger partial charge in [0, 0.05) is 26.2 Å². The van der Waals surface area contributed by atoms with Crippen LogP contribution in [0.2, 0.25) is 0 Å². The molecule has 0 aromatic rings. The molecular weight excluding hydrogens is 180 g/mol. The van der Waals surface area contributed by atoms with Gasteiger partial charge in [0.25, 0.3) is 0 Å². The van der Waals surface area contributed by atoms with Crippen molar-refractivity contribution in [2.45, 2.75) is 19.3 Å². The summed E-state index contributed by atoms with van der Waals surface area (Å²) in [7, 11) is 0. The SMILES string of the molecule is O=C(O)N1CCCN(CC2CC2)CC1. The minimum atomic E-state index is -0.765. The van der Waals surface area contributed by atoms with Crippen LogP contribution < -0.4 is 0 Å². The molecule has 1 aliphatic carbocycles. The Hall–Kier alpha value is -0.770. The molecule has 2 aliphatic rings. The molecule has 0 spiro atoms. The van der Waals surface area contributed by atoms with E-state index in [0.29, 0.717) is 13.1 Å². The molecule has 0 unspecified atom stereocenters. The van der Waals surface area contributed by atoms with Gasteiger partial charge in [-0.3, -0.25) is 0 Å². The monoisotopic (exact) mass is 198 g/mol. The predicted octanol–water partition coefficient (Wildman–Crippen LogP) is 1.08. The highest BCUT2D eigenvalue weighted by atomic mass is 16.4. The van der Waals surface area contributed by atoms with Crippen LogP contribution in [0.3, 0.4) is 0 Å². The van der Waals surface area contributed by atoms with E-state index in [4.69, 9.17) is 5.11 Å². The van der Waals surface area contributed by atoms with Gasteiger partial charge in [0.2, 0.25) is 0 Å². The normalized spacial score (nSPS) is 24.7. The Kier molecular flexibility index (Phi) is 2.91. The zero-order valence-electron chi connectivity index (χ0n) is 8.48. The fraction of sp³-hybridized carbons (Fsp3) is 0.900. The van der Waals surface area contributed by atoms with E-state index < -0.39 is 6.09 Å². The average Bonchev–Trinajstić information content (AvgIpc) is 2.92. The van der Waals surface area contributed by atoms with Crippen LogP contribution in [0.1, 0.15) is 19.3 Å². The van der Waals surface area contributed by atoms with Crippen molar-refractivity contribution in [3.8, 4) is 0 Å². The molecule has 4 nitrogen and oxygen atoms in total. The maximum Gasteiger partial charge on any atom is 0.407 e. The van der Waals surface area contributed by atoms with Crippen molar-refractivity contribution in [3.05, 3.63) is 0 Å². The molecule has 14 heavy (non-hydrogen) atoms. The lowest BCUT2D eigenvalue weighted by Crippen LogP contribution is -2.34. The van der Waals surface area contributed by atoms with Gasteiger partial charge < -0.3 is 14.9 Å². The largest absolute Gasteiger partial charge is 0.465 e. The number of carboxylic acid groups (broad SMARTS) is 1. The van der Waals surface area contributed by atoms with Crippen molar-refractivity contribution in [3.63, 3.8) is 0 Å². The van der Waals surface area contributed by atoms with Gasteiger partial charge >= 0.3 is 6.09 Å². The van der Waals surface area contributed by atoms with Crippen LogP contribution in [-0.4, -0.2) is 53.7 Å². The fourth-order valence-corrected chi connectivity index (χ4v) is 2.01. The van der Waals surface area contributed by atoms with E-state index in [1.807, 2.05) is 0 Å². The fourth-order valence-electron chi connectivity index (χ4n) is 2.01. The Labute approximate surface area is 84.5 Å². The minimum Gasteiger partial charge on any atom is -0.465 e. The van der Waals surface area contributed by atoms with Crippen LogP contribution in [0.25, 0.3) is 0 Å². The Balaban J connectivity index is 1.77. The van der Waals surface area contributed by atoms with Gasteiger partial charge in [0.05, 0.1) is 0 Å². The zero-order chi connectivity index (χ0) is 9.97. The summed E-state index contributed by atoms with van der Waals surface area (Å²) in [6.45, 7) is 4.56. The molecule has 1 N–H and O–H groups in total. The van der Waals surface area contributed by atoms with E-state index in [2.05, 4.69) is 4.90 Å². The van der Waals surface area contributed by atoms with Crippen molar-refractivity contribution in [1.29, 1.82) is 0 Å². The Morgan fingerprint density at radius 1 is 1.21 bits per heavy atom. The highest BCUT2D eigenvalue weighted by molar-refractivity contribution is 5.64. The van der Waals surface area contributed by atoms with Gasteiger partial charge in [0.1, 0.15) is 0 Å². The molecule has 1 heterocycles. The van der Waals surface area contributed by atoms with Gasteiger partial charge in [-0.1, -0.05) is 0 Å². The molecule has 0 aromatic heterocycles. The summed E-state index contributed by atoms with van der Waals surface area (Å²) in [5.74, 6) is 0.909. The highest BCUT2D eigenvalue weighted by Crippen LogP contribution is 2.29. The summed E-state index contributed by atoms with van der Waals surface area (Å²) in [5, 5.41) is 8.85. The van der Waals surface area contributed by atoms with E-state index in [-0.39, 0.29) is 0 Å². The van der Waals surface area contributed by atoms with Crippen molar-refractivity contribution in [2.75, 3.05) is 32.7 Å². The molecular formula is C10H18N2O2. The molecule has 1 amide bonds. The van der Waals surface area contributed by atoms with Gasteiger partial charge in [-0.2, -0.15) is 0 Å². The maximum atomic E-state index is 10.8. The first-order chi connectivity index (χ1) is 6.75. The van der Waals surface area contributed by atoms with Gasteiger partial charge in [-0.05, 0) is 31.7 Å². The summed E-state index contributed by atoms with van der Waals surface area (Å²) < 4.78 is 0. The summed E-state index contributed by atoms with van der Waals surface area (Å²) in [6, 6.07) is 0. The third-order valence-electron chi connectivity index (χ3n) is 3.07. The number of carbonyl (C=O) groups is 1. The number of amides is 1. The minimum absolute atomic E-state index is 0.683. The summed E-state index contributed by atoms with van der Waals surface area (Å²) in [4.78, 5) is 14.7. The van der Waals surface area contributed by atoms with Crippen molar-refractivity contribution in [2.24, 2.45) is 5.92 Å². The molecule has 2 rings (SSSR count). The third kappa shape index (κ3) is 2.61.